The number of unbranched alkanes of at least 4 members (excludes halogenated alkanes) is 2. The molecule has 0 aromatic heterocycles. The van der Waals surface area contributed by atoms with Crippen LogP contribution < -0.4 is 5.32 Å². The smallest absolute Gasteiger partial charge is 0.0453 e. The minimum atomic E-state index is 0.873. The van der Waals surface area contributed by atoms with Gasteiger partial charge in [0, 0.05) is 11.6 Å². The van der Waals surface area contributed by atoms with Crippen LogP contribution in [0.25, 0.3) is 0 Å². The summed E-state index contributed by atoms with van der Waals surface area (Å²) in [5.41, 5.74) is 2.41. The van der Waals surface area contributed by atoms with Gasteiger partial charge in [0.2, 0.25) is 0 Å². The van der Waals surface area contributed by atoms with Gasteiger partial charge in [0.15, 0.2) is 0 Å². The molecule has 0 bridgehead atoms. The average molecular weight is 226 g/mol. The summed E-state index contributed by atoms with van der Waals surface area (Å²) in [6.07, 6.45) is 3.82. The van der Waals surface area contributed by atoms with Gasteiger partial charge in [0.25, 0.3) is 0 Å². The highest BCUT2D eigenvalue weighted by Gasteiger charge is 1.99. The molecule has 0 amide bonds. The molecule has 1 aromatic rings. The van der Waals surface area contributed by atoms with Crippen molar-refractivity contribution in [1.29, 1.82) is 0 Å². The quantitative estimate of drug-likeness (QED) is 0.724. The summed E-state index contributed by atoms with van der Waals surface area (Å²) in [6.45, 7) is 6.24. The van der Waals surface area contributed by atoms with E-state index in [0.29, 0.717) is 0 Å². The molecule has 0 saturated carbocycles. The van der Waals surface area contributed by atoms with Gasteiger partial charge in [-0.3, -0.25) is 0 Å². The van der Waals surface area contributed by atoms with Gasteiger partial charge in [-0.15, -0.1) is 0 Å². The standard InChI is InChI=1S/C13H20ClN/c1-3-4-5-8-15-10-12-7-6-11(2)9-13(12)14/h6-7,9,15H,3-5,8,10H2,1-2H3. The molecule has 2 heteroatoms. The van der Waals surface area contributed by atoms with E-state index in [4.69, 9.17) is 11.6 Å². The highest BCUT2D eigenvalue weighted by molar-refractivity contribution is 6.31. The van der Waals surface area contributed by atoms with Crippen LogP contribution in [0, 0.1) is 6.92 Å². The number of nitrogens with one attached hydrogen (secondary N) is 1. The predicted molar refractivity (Wildman–Crippen MR) is 67.4 cm³/mol. The Labute approximate surface area is 97.8 Å². The molecule has 0 heterocycles. The number of hydrogen-bond donors (Lipinski definition) is 1. The van der Waals surface area contributed by atoms with Crippen molar-refractivity contribution >= 4 is 11.6 Å². The summed E-state index contributed by atoms with van der Waals surface area (Å²) >= 11 is 6.13. The largest absolute Gasteiger partial charge is 0.313 e. The fourth-order valence-corrected chi connectivity index (χ4v) is 1.82. The van der Waals surface area contributed by atoms with E-state index in [0.717, 1.165) is 18.1 Å². The molecule has 0 saturated heterocycles. The van der Waals surface area contributed by atoms with Crippen LogP contribution >= 0.6 is 11.6 Å². The zero-order valence-electron chi connectivity index (χ0n) is 9.65. The van der Waals surface area contributed by atoms with Gasteiger partial charge in [-0.1, -0.05) is 43.5 Å². The second-order valence-corrected chi connectivity index (χ2v) is 4.39. The van der Waals surface area contributed by atoms with Crippen molar-refractivity contribution in [1.82, 2.24) is 5.32 Å². The minimum Gasteiger partial charge on any atom is -0.313 e. The van der Waals surface area contributed by atoms with Crippen molar-refractivity contribution in [2.24, 2.45) is 0 Å². The lowest BCUT2D eigenvalue weighted by atomic mass is 10.1. The van der Waals surface area contributed by atoms with Crippen LogP contribution in [0.3, 0.4) is 0 Å². The Morgan fingerprint density at radius 3 is 2.73 bits per heavy atom. The second kappa shape index (κ2) is 6.86. The van der Waals surface area contributed by atoms with Gasteiger partial charge in [0.05, 0.1) is 0 Å². The molecule has 0 unspecified atom stereocenters. The second-order valence-electron chi connectivity index (χ2n) is 3.98. The van der Waals surface area contributed by atoms with E-state index >= 15 is 0 Å². The first-order valence-electron chi connectivity index (χ1n) is 5.69. The third kappa shape index (κ3) is 4.67. The van der Waals surface area contributed by atoms with Crippen LogP contribution in [0.5, 0.6) is 0 Å². The zero-order valence-corrected chi connectivity index (χ0v) is 10.4. The Morgan fingerprint density at radius 1 is 1.27 bits per heavy atom. The van der Waals surface area contributed by atoms with Crippen molar-refractivity contribution in [3.05, 3.63) is 34.3 Å². The fraction of sp³-hybridized carbons (Fsp3) is 0.538. The monoisotopic (exact) mass is 225 g/mol. The number of rotatable bonds is 6. The topological polar surface area (TPSA) is 12.0 Å². The van der Waals surface area contributed by atoms with Crippen LogP contribution in [0.4, 0.5) is 0 Å². The minimum absolute atomic E-state index is 0.873. The van der Waals surface area contributed by atoms with Gasteiger partial charge in [0.1, 0.15) is 0 Å². The molecule has 0 atom stereocenters. The van der Waals surface area contributed by atoms with Crippen LogP contribution in [-0.4, -0.2) is 6.54 Å². The molecule has 1 nitrogen and oxygen atoms in total. The summed E-state index contributed by atoms with van der Waals surface area (Å²) in [4.78, 5) is 0. The SMILES string of the molecule is CCCCCNCc1ccc(C)cc1Cl. The Bertz CT molecular complexity index is 297. The zero-order chi connectivity index (χ0) is 11.1. The van der Waals surface area contributed by atoms with Crippen LogP contribution in [-0.2, 0) is 6.54 Å². The van der Waals surface area contributed by atoms with E-state index in [1.165, 1.54) is 30.4 Å². The van der Waals surface area contributed by atoms with Gasteiger partial charge >= 0.3 is 0 Å². The maximum atomic E-state index is 6.13. The Hall–Kier alpha value is -0.530. The maximum Gasteiger partial charge on any atom is 0.0453 e. The fourth-order valence-electron chi connectivity index (χ4n) is 1.52. The first-order valence-corrected chi connectivity index (χ1v) is 6.07. The molecule has 0 fully saturated rings. The molecule has 1 aromatic carbocycles. The molecule has 1 N–H and O–H groups in total. The van der Waals surface area contributed by atoms with Crippen LogP contribution in [0.1, 0.15) is 37.3 Å². The molecular formula is C13H20ClN. The summed E-state index contributed by atoms with van der Waals surface area (Å²) in [7, 11) is 0. The maximum absolute atomic E-state index is 6.13. The van der Waals surface area contributed by atoms with Crippen molar-refractivity contribution in [2.75, 3.05) is 6.54 Å². The Kier molecular flexibility index (Phi) is 5.74. The van der Waals surface area contributed by atoms with Crippen molar-refractivity contribution < 1.29 is 0 Å². The average Bonchev–Trinajstić information content (AvgIpc) is 2.20. The normalized spacial score (nSPS) is 10.6. The molecule has 0 radical (unpaired) electrons. The van der Waals surface area contributed by atoms with Crippen molar-refractivity contribution in [2.45, 2.75) is 39.7 Å². The summed E-state index contributed by atoms with van der Waals surface area (Å²) < 4.78 is 0. The van der Waals surface area contributed by atoms with Crippen LogP contribution in [0.15, 0.2) is 18.2 Å². The molecular weight excluding hydrogens is 206 g/mol. The Morgan fingerprint density at radius 2 is 2.07 bits per heavy atom. The number of benzene rings is 1. The van der Waals surface area contributed by atoms with Gasteiger partial charge in [-0.2, -0.15) is 0 Å². The van der Waals surface area contributed by atoms with Crippen LogP contribution in [0.2, 0.25) is 5.02 Å². The first-order chi connectivity index (χ1) is 7.24. The first kappa shape index (κ1) is 12.5. The van der Waals surface area contributed by atoms with Gasteiger partial charge in [-0.05, 0) is 37.1 Å². The summed E-state index contributed by atoms with van der Waals surface area (Å²) in [5, 5.41) is 4.29. The lowest BCUT2D eigenvalue weighted by Crippen LogP contribution is -2.14. The predicted octanol–water partition coefficient (Wildman–Crippen LogP) is 3.93. The van der Waals surface area contributed by atoms with E-state index in [1.807, 2.05) is 6.07 Å². The highest BCUT2D eigenvalue weighted by atomic mass is 35.5. The third-order valence-electron chi connectivity index (χ3n) is 2.48. The van der Waals surface area contributed by atoms with E-state index in [2.05, 4.69) is 31.3 Å². The Balaban J connectivity index is 2.31. The number of hydrogen-bond acceptors (Lipinski definition) is 1. The lowest BCUT2D eigenvalue weighted by molar-refractivity contribution is 0.617. The molecule has 15 heavy (non-hydrogen) atoms. The van der Waals surface area contributed by atoms with Crippen molar-refractivity contribution in [3.63, 3.8) is 0 Å². The van der Waals surface area contributed by atoms with E-state index in [-0.39, 0.29) is 0 Å². The molecule has 1 rings (SSSR count). The molecule has 84 valence electrons. The molecule has 0 aliphatic carbocycles. The lowest BCUT2D eigenvalue weighted by Gasteiger charge is -2.07. The summed E-state index contributed by atoms with van der Waals surface area (Å²) in [6, 6.07) is 6.23. The van der Waals surface area contributed by atoms with E-state index < -0.39 is 0 Å². The number of halogens is 1. The van der Waals surface area contributed by atoms with E-state index in [9.17, 15) is 0 Å². The number of aryl methyl sites for hydroxylation is 1. The van der Waals surface area contributed by atoms with E-state index in [1.54, 1.807) is 0 Å². The van der Waals surface area contributed by atoms with Crippen molar-refractivity contribution in [3.8, 4) is 0 Å². The third-order valence-corrected chi connectivity index (χ3v) is 2.83. The summed E-state index contributed by atoms with van der Waals surface area (Å²) in [5.74, 6) is 0. The molecule has 0 aliphatic heterocycles. The van der Waals surface area contributed by atoms with Gasteiger partial charge < -0.3 is 5.32 Å². The molecule has 0 spiro atoms. The highest BCUT2D eigenvalue weighted by Crippen LogP contribution is 2.17. The van der Waals surface area contributed by atoms with Gasteiger partial charge in [-0.25, -0.2) is 0 Å². The molecule has 0 aliphatic rings.